The van der Waals surface area contributed by atoms with Gasteiger partial charge in [0.2, 0.25) is 0 Å². The highest BCUT2D eigenvalue weighted by Gasteiger charge is 2.31. The van der Waals surface area contributed by atoms with Gasteiger partial charge < -0.3 is 15.7 Å². The van der Waals surface area contributed by atoms with Crippen LogP contribution in [0, 0.1) is 0 Å². The van der Waals surface area contributed by atoms with Gasteiger partial charge in [-0.15, -0.1) is 0 Å². The molecule has 0 fully saturated rings. The number of aliphatic hydroxyl groups is 1. The van der Waals surface area contributed by atoms with E-state index >= 15 is 0 Å². The van der Waals surface area contributed by atoms with Crippen molar-refractivity contribution in [3.05, 3.63) is 65.2 Å². The minimum atomic E-state index is -4.55. The number of anilines is 1. The largest absolute Gasteiger partial charge is 0.416 e. The normalized spacial score (nSPS) is 12.9. The summed E-state index contributed by atoms with van der Waals surface area (Å²) in [7, 11) is 0. The minimum Gasteiger partial charge on any atom is -0.387 e. The third-order valence-corrected chi connectivity index (χ3v) is 3.76. The number of hydrogen-bond acceptors (Lipinski definition) is 3. The first-order valence-corrected chi connectivity index (χ1v) is 7.99. The molecule has 2 aromatic carbocycles. The number of rotatable bonds is 4. The first-order chi connectivity index (χ1) is 13.4. The SMILES string of the molecule is O=C(NCC(O)c1ccc(C(F)(F)F)cc1)C(=O)Nc1ccc(C(F)(F)F)cc1. The summed E-state index contributed by atoms with van der Waals surface area (Å²) in [6, 6.07) is 6.96. The van der Waals surface area contributed by atoms with Crippen LogP contribution in [0.5, 0.6) is 0 Å². The second-order valence-corrected chi connectivity index (χ2v) is 5.87. The zero-order valence-electron chi connectivity index (χ0n) is 14.4. The molecule has 2 amide bonds. The first-order valence-electron chi connectivity index (χ1n) is 7.99. The molecule has 2 rings (SSSR count). The molecule has 11 heteroatoms. The molecule has 0 bridgehead atoms. The average molecular weight is 420 g/mol. The van der Waals surface area contributed by atoms with Gasteiger partial charge >= 0.3 is 24.2 Å². The summed E-state index contributed by atoms with van der Waals surface area (Å²) in [6.45, 7) is -0.468. The maximum atomic E-state index is 12.5. The van der Waals surface area contributed by atoms with Crippen molar-refractivity contribution in [3.8, 4) is 0 Å². The fraction of sp³-hybridized carbons (Fsp3) is 0.222. The molecule has 0 aromatic heterocycles. The number of nitrogens with one attached hydrogen (secondary N) is 2. The maximum Gasteiger partial charge on any atom is 0.416 e. The summed E-state index contributed by atoms with van der Waals surface area (Å²) >= 11 is 0. The second kappa shape index (κ2) is 8.52. The van der Waals surface area contributed by atoms with Gasteiger partial charge in [-0.2, -0.15) is 26.3 Å². The van der Waals surface area contributed by atoms with Crippen molar-refractivity contribution in [2.24, 2.45) is 0 Å². The summed E-state index contributed by atoms with van der Waals surface area (Å²) in [4.78, 5) is 23.5. The van der Waals surface area contributed by atoms with Crippen LogP contribution in [0.1, 0.15) is 22.8 Å². The van der Waals surface area contributed by atoms with Crippen LogP contribution in [0.25, 0.3) is 0 Å². The van der Waals surface area contributed by atoms with Gasteiger partial charge in [0.05, 0.1) is 17.2 Å². The fourth-order valence-electron chi connectivity index (χ4n) is 2.21. The van der Waals surface area contributed by atoms with Crippen LogP contribution in [0.2, 0.25) is 0 Å². The lowest BCUT2D eigenvalue weighted by atomic mass is 10.1. The van der Waals surface area contributed by atoms with Crippen LogP contribution in [0.3, 0.4) is 0 Å². The van der Waals surface area contributed by atoms with Crippen LogP contribution in [0.4, 0.5) is 32.0 Å². The van der Waals surface area contributed by atoms with E-state index in [0.29, 0.717) is 0 Å². The van der Waals surface area contributed by atoms with Crippen molar-refractivity contribution >= 4 is 17.5 Å². The van der Waals surface area contributed by atoms with Gasteiger partial charge in [-0.25, -0.2) is 0 Å². The molecule has 5 nitrogen and oxygen atoms in total. The zero-order chi connectivity index (χ0) is 21.8. The predicted octanol–water partition coefficient (Wildman–Crippen LogP) is 3.51. The lowest BCUT2D eigenvalue weighted by molar-refractivity contribution is -0.138. The number of alkyl halides is 6. The molecule has 29 heavy (non-hydrogen) atoms. The smallest absolute Gasteiger partial charge is 0.387 e. The number of halogens is 6. The van der Waals surface area contributed by atoms with Gasteiger partial charge in [0.1, 0.15) is 0 Å². The number of carbonyl (C=O) groups excluding carboxylic acids is 2. The molecule has 0 aliphatic carbocycles. The number of amides is 2. The van der Waals surface area contributed by atoms with E-state index in [9.17, 15) is 41.0 Å². The van der Waals surface area contributed by atoms with Crippen molar-refractivity contribution in [1.29, 1.82) is 0 Å². The molecular weight excluding hydrogens is 406 g/mol. The Balaban J connectivity index is 1.88. The topological polar surface area (TPSA) is 78.4 Å². The Morgan fingerprint density at radius 2 is 1.24 bits per heavy atom. The molecule has 0 saturated heterocycles. The van der Waals surface area contributed by atoms with Crippen LogP contribution in [0.15, 0.2) is 48.5 Å². The van der Waals surface area contributed by atoms with Gasteiger partial charge in [0, 0.05) is 12.2 Å². The number of benzene rings is 2. The average Bonchev–Trinajstić information content (AvgIpc) is 2.65. The van der Waals surface area contributed by atoms with Gasteiger partial charge in [-0.05, 0) is 42.0 Å². The van der Waals surface area contributed by atoms with Gasteiger partial charge in [0.25, 0.3) is 0 Å². The van der Waals surface area contributed by atoms with Crippen LogP contribution < -0.4 is 10.6 Å². The monoisotopic (exact) mass is 420 g/mol. The van der Waals surface area contributed by atoms with Crippen molar-refractivity contribution in [2.45, 2.75) is 18.5 Å². The second-order valence-electron chi connectivity index (χ2n) is 5.87. The summed E-state index contributed by atoms with van der Waals surface area (Å²) in [5.41, 5.74) is -1.81. The molecule has 2 aromatic rings. The van der Waals surface area contributed by atoms with Crippen LogP contribution >= 0.6 is 0 Å². The van der Waals surface area contributed by atoms with E-state index in [0.717, 1.165) is 48.5 Å². The third kappa shape index (κ3) is 6.21. The molecule has 0 aliphatic heterocycles. The molecular formula is C18H14F6N2O3. The van der Waals surface area contributed by atoms with Gasteiger partial charge in [-0.1, -0.05) is 12.1 Å². The molecule has 156 valence electrons. The molecule has 0 radical (unpaired) electrons. The van der Waals surface area contributed by atoms with E-state index < -0.39 is 47.9 Å². The van der Waals surface area contributed by atoms with E-state index in [1.165, 1.54) is 0 Å². The first kappa shape index (κ1) is 22.2. The van der Waals surface area contributed by atoms with E-state index in [4.69, 9.17) is 0 Å². The highest BCUT2D eigenvalue weighted by molar-refractivity contribution is 6.39. The maximum absolute atomic E-state index is 12.5. The molecule has 3 N–H and O–H groups in total. The van der Waals surface area contributed by atoms with Crippen molar-refractivity contribution in [2.75, 3.05) is 11.9 Å². The third-order valence-electron chi connectivity index (χ3n) is 3.76. The minimum absolute atomic E-state index is 0.0542. The van der Waals surface area contributed by atoms with Gasteiger partial charge in [0.15, 0.2) is 0 Å². The molecule has 1 unspecified atom stereocenters. The standard InChI is InChI=1S/C18H14F6N2O3/c19-17(20,21)11-3-1-10(2-4-11)14(27)9-25-15(28)16(29)26-13-7-5-12(6-8-13)18(22,23)24/h1-8,14,27H,9H2,(H,25,28)(H,26,29). The number of hydrogen-bond donors (Lipinski definition) is 3. The molecule has 0 heterocycles. The Hall–Kier alpha value is -3.08. The Kier molecular flexibility index (Phi) is 6.52. The van der Waals surface area contributed by atoms with Crippen LogP contribution in [-0.4, -0.2) is 23.5 Å². The Morgan fingerprint density at radius 1 is 0.793 bits per heavy atom. The molecule has 0 aliphatic rings. The molecule has 1 atom stereocenters. The Labute approximate surface area is 160 Å². The van der Waals surface area contributed by atoms with E-state index in [-0.39, 0.29) is 11.3 Å². The van der Waals surface area contributed by atoms with Crippen molar-refractivity contribution < 1.29 is 41.0 Å². The highest BCUT2D eigenvalue weighted by atomic mass is 19.4. The molecule has 0 spiro atoms. The lowest BCUT2D eigenvalue weighted by Gasteiger charge is -2.14. The zero-order valence-corrected chi connectivity index (χ0v) is 14.4. The summed E-state index contributed by atoms with van der Waals surface area (Å²) in [6.07, 6.45) is -10.5. The number of carbonyl (C=O) groups is 2. The predicted molar refractivity (Wildman–Crippen MR) is 89.5 cm³/mol. The number of aliphatic hydroxyl groups excluding tert-OH is 1. The Bertz CT molecular complexity index is 861. The Morgan fingerprint density at radius 3 is 1.69 bits per heavy atom. The van der Waals surface area contributed by atoms with E-state index in [1.807, 2.05) is 0 Å². The summed E-state index contributed by atoms with van der Waals surface area (Å²) in [5, 5.41) is 14.1. The van der Waals surface area contributed by atoms with Gasteiger partial charge in [-0.3, -0.25) is 9.59 Å². The van der Waals surface area contributed by atoms with E-state index in [2.05, 4.69) is 10.6 Å². The molecule has 0 saturated carbocycles. The summed E-state index contributed by atoms with van der Waals surface area (Å²) < 4.78 is 74.9. The lowest BCUT2D eigenvalue weighted by Crippen LogP contribution is -2.37. The van der Waals surface area contributed by atoms with Crippen LogP contribution in [-0.2, 0) is 21.9 Å². The van der Waals surface area contributed by atoms with E-state index in [1.54, 1.807) is 0 Å². The van der Waals surface area contributed by atoms with Crippen molar-refractivity contribution in [1.82, 2.24) is 5.32 Å². The highest BCUT2D eigenvalue weighted by Crippen LogP contribution is 2.30. The van der Waals surface area contributed by atoms with Crippen molar-refractivity contribution in [3.63, 3.8) is 0 Å². The quantitative estimate of drug-likeness (QED) is 0.523. The summed E-state index contributed by atoms with van der Waals surface area (Å²) in [5.74, 6) is -2.37. The fourth-order valence-corrected chi connectivity index (χ4v) is 2.21.